The highest BCUT2D eigenvalue weighted by molar-refractivity contribution is 7.92. The Morgan fingerprint density at radius 3 is 2.35 bits per heavy atom. The average molecular weight is 297 g/mol. The van der Waals surface area contributed by atoms with Crippen LogP contribution in [0.15, 0.2) is 17.0 Å². The van der Waals surface area contributed by atoms with Crippen molar-refractivity contribution in [2.45, 2.75) is 30.0 Å². The Bertz CT molecular complexity index is 641. The lowest BCUT2D eigenvalue weighted by Gasteiger charge is -2.36. The van der Waals surface area contributed by atoms with Crippen molar-refractivity contribution in [3.63, 3.8) is 0 Å². The first-order chi connectivity index (χ1) is 9.46. The maximum absolute atomic E-state index is 12.6. The quantitative estimate of drug-likeness (QED) is 0.851. The predicted molar refractivity (Wildman–Crippen MR) is 75.0 cm³/mol. The monoisotopic (exact) mass is 297 g/mol. The molecule has 0 aromatic heterocycles. The zero-order valence-corrected chi connectivity index (χ0v) is 12.7. The standard InChI is InChI=1S/C14H19NO4S/c1-8-9(2)20(16,17)13-7-12-11(18-4-5-19-12)6-10(13)14(8)15-3/h6-9,14-15H,4-5H2,1-3H3. The summed E-state index contributed by atoms with van der Waals surface area (Å²) in [5, 5.41) is 2.80. The first kappa shape index (κ1) is 13.7. The Balaban J connectivity index is 2.25. The van der Waals surface area contributed by atoms with Gasteiger partial charge in [-0.15, -0.1) is 0 Å². The van der Waals surface area contributed by atoms with Crippen LogP contribution < -0.4 is 14.8 Å². The van der Waals surface area contributed by atoms with Gasteiger partial charge in [0, 0.05) is 12.1 Å². The molecule has 1 N–H and O–H groups in total. The Morgan fingerprint density at radius 2 is 1.75 bits per heavy atom. The van der Waals surface area contributed by atoms with Crippen LogP contribution in [0.5, 0.6) is 11.5 Å². The number of fused-ring (bicyclic) bond motifs is 2. The Morgan fingerprint density at radius 1 is 1.15 bits per heavy atom. The van der Waals surface area contributed by atoms with E-state index in [0.717, 1.165) is 5.56 Å². The van der Waals surface area contributed by atoms with Gasteiger partial charge >= 0.3 is 0 Å². The summed E-state index contributed by atoms with van der Waals surface area (Å²) < 4.78 is 36.3. The Hall–Kier alpha value is -1.27. The van der Waals surface area contributed by atoms with Crippen LogP contribution in [-0.2, 0) is 9.84 Å². The summed E-state index contributed by atoms with van der Waals surface area (Å²) in [5.41, 5.74) is 0.780. The molecular weight excluding hydrogens is 278 g/mol. The maximum Gasteiger partial charge on any atom is 0.181 e. The molecule has 20 heavy (non-hydrogen) atoms. The lowest BCUT2D eigenvalue weighted by Crippen LogP contribution is -2.40. The Labute approximate surface area is 119 Å². The third-order valence-electron chi connectivity index (χ3n) is 4.38. The van der Waals surface area contributed by atoms with Gasteiger partial charge in [0.05, 0.1) is 10.1 Å². The fourth-order valence-electron chi connectivity index (χ4n) is 3.03. The second-order valence-electron chi connectivity index (χ2n) is 5.41. The second-order valence-corrected chi connectivity index (χ2v) is 7.68. The highest BCUT2D eigenvalue weighted by atomic mass is 32.2. The fourth-order valence-corrected chi connectivity index (χ4v) is 4.94. The van der Waals surface area contributed by atoms with Crippen LogP contribution in [0.1, 0.15) is 25.5 Å². The van der Waals surface area contributed by atoms with E-state index in [2.05, 4.69) is 5.32 Å². The fraction of sp³-hybridized carbons (Fsp3) is 0.571. The van der Waals surface area contributed by atoms with Crippen LogP contribution in [-0.4, -0.2) is 33.9 Å². The van der Waals surface area contributed by atoms with Crippen molar-refractivity contribution in [3.05, 3.63) is 17.7 Å². The summed E-state index contributed by atoms with van der Waals surface area (Å²) in [5.74, 6) is 1.16. The van der Waals surface area contributed by atoms with Gasteiger partial charge in [0.1, 0.15) is 13.2 Å². The van der Waals surface area contributed by atoms with E-state index in [-0.39, 0.29) is 12.0 Å². The van der Waals surface area contributed by atoms with Crippen LogP contribution in [0.3, 0.4) is 0 Å². The molecule has 2 heterocycles. The van der Waals surface area contributed by atoms with E-state index < -0.39 is 15.1 Å². The number of ether oxygens (including phenoxy) is 2. The molecule has 0 bridgehead atoms. The van der Waals surface area contributed by atoms with E-state index in [4.69, 9.17) is 9.47 Å². The molecule has 0 radical (unpaired) electrons. The van der Waals surface area contributed by atoms with Crippen molar-refractivity contribution in [2.24, 2.45) is 5.92 Å². The molecule has 3 rings (SSSR count). The maximum atomic E-state index is 12.6. The van der Waals surface area contributed by atoms with Gasteiger partial charge in [-0.1, -0.05) is 6.92 Å². The topological polar surface area (TPSA) is 64.6 Å². The number of hydrogen-bond donors (Lipinski definition) is 1. The number of hydrogen-bond acceptors (Lipinski definition) is 5. The third kappa shape index (κ3) is 1.82. The van der Waals surface area contributed by atoms with E-state index >= 15 is 0 Å². The molecule has 0 aliphatic carbocycles. The molecule has 110 valence electrons. The van der Waals surface area contributed by atoms with Crippen LogP contribution in [0.4, 0.5) is 0 Å². The number of nitrogens with one attached hydrogen (secondary N) is 1. The van der Waals surface area contributed by atoms with Crippen molar-refractivity contribution in [3.8, 4) is 11.5 Å². The second kappa shape index (κ2) is 4.63. The SMILES string of the molecule is CNC1c2cc3c(cc2S(=O)(=O)C(C)C1C)OCCO3. The summed E-state index contributed by atoms with van der Waals surface area (Å²) in [6, 6.07) is 3.43. The molecule has 2 aliphatic rings. The molecule has 0 amide bonds. The normalized spacial score (nSPS) is 30.6. The first-order valence-corrected chi connectivity index (χ1v) is 8.36. The third-order valence-corrected chi connectivity index (χ3v) is 6.76. The van der Waals surface area contributed by atoms with Gasteiger partial charge in [-0.25, -0.2) is 8.42 Å². The molecule has 2 aliphatic heterocycles. The smallest absolute Gasteiger partial charge is 0.181 e. The summed E-state index contributed by atoms with van der Waals surface area (Å²) >= 11 is 0. The highest BCUT2D eigenvalue weighted by Crippen LogP contribution is 2.45. The van der Waals surface area contributed by atoms with Gasteiger partial charge in [0.2, 0.25) is 0 Å². The minimum absolute atomic E-state index is 0.0000546. The average Bonchev–Trinajstić information content (AvgIpc) is 2.45. The van der Waals surface area contributed by atoms with Crippen molar-refractivity contribution in [1.29, 1.82) is 0 Å². The van der Waals surface area contributed by atoms with Crippen molar-refractivity contribution in [2.75, 3.05) is 20.3 Å². The molecule has 5 nitrogen and oxygen atoms in total. The molecular formula is C14H19NO4S. The number of benzene rings is 1. The number of rotatable bonds is 1. The van der Waals surface area contributed by atoms with Gasteiger partial charge in [-0.05, 0) is 31.5 Å². The predicted octanol–water partition coefficient (Wildman–Crippen LogP) is 1.53. The van der Waals surface area contributed by atoms with Gasteiger partial charge < -0.3 is 14.8 Å². The molecule has 0 spiro atoms. The zero-order chi connectivity index (χ0) is 14.5. The minimum Gasteiger partial charge on any atom is -0.486 e. The molecule has 0 saturated carbocycles. The van der Waals surface area contributed by atoms with Crippen LogP contribution in [0.2, 0.25) is 0 Å². The number of sulfone groups is 1. The molecule has 3 atom stereocenters. The molecule has 0 fully saturated rings. The van der Waals surface area contributed by atoms with Gasteiger partial charge in [-0.3, -0.25) is 0 Å². The lowest BCUT2D eigenvalue weighted by atomic mass is 9.91. The van der Waals surface area contributed by atoms with E-state index in [1.165, 1.54) is 0 Å². The van der Waals surface area contributed by atoms with Crippen molar-refractivity contribution >= 4 is 9.84 Å². The van der Waals surface area contributed by atoms with E-state index in [0.29, 0.717) is 29.6 Å². The molecule has 0 saturated heterocycles. The summed E-state index contributed by atoms with van der Waals surface area (Å²) in [7, 11) is -1.47. The largest absolute Gasteiger partial charge is 0.486 e. The molecule has 1 aromatic rings. The van der Waals surface area contributed by atoms with E-state index in [1.54, 1.807) is 13.0 Å². The van der Waals surface area contributed by atoms with Crippen LogP contribution in [0.25, 0.3) is 0 Å². The summed E-state index contributed by atoms with van der Waals surface area (Å²) in [6.07, 6.45) is 0. The molecule has 1 aromatic carbocycles. The van der Waals surface area contributed by atoms with Gasteiger partial charge in [-0.2, -0.15) is 0 Å². The van der Waals surface area contributed by atoms with Gasteiger partial charge in [0.25, 0.3) is 0 Å². The summed E-state index contributed by atoms with van der Waals surface area (Å²) in [4.78, 5) is 0.367. The summed E-state index contributed by atoms with van der Waals surface area (Å²) in [6.45, 7) is 4.68. The van der Waals surface area contributed by atoms with Crippen LogP contribution in [0, 0.1) is 5.92 Å². The first-order valence-electron chi connectivity index (χ1n) is 6.81. The van der Waals surface area contributed by atoms with E-state index in [9.17, 15) is 8.42 Å². The van der Waals surface area contributed by atoms with Crippen LogP contribution >= 0.6 is 0 Å². The minimum atomic E-state index is -3.32. The van der Waals surface area contributed by atoms with Gasteiger partial charge in [0.15, 0.2) is 21.3 Å². The van der Waals surface area contributed by atoms with Crippen molar-refractivity contribution in [1.82, 2.24) is 5.32 Å². The highest BCUT2D eigenvalue weighted by Gasteiger charge is 2.42. The van der Waals surface area contributed by atoms with E-state index in [1.807, 2.05) is 20.0 Å². The zero-order valence-electron chi connectivity index (χ0n) is 11.8. The lowest BCUT2D eigenvalue weighted by molar-refractivity contribution is 0.170. The Kier molecular flexibility index (Phi) is 3.17. The van der Waals surface area contributed by atoms with Crippen molar-refractivity contribution < 1.29 is 17.9 Å². The molecule has 3 unspecified atom stereocenters. The molecule has 6 heteroatoms.